The number of carbonyl (C=O) groups excluding carboxylic acids is 2. The first-order valence-electron chi connectivity index (χ1n) is 8.54. The lowest BCUT2D eigenvalue weighted by Crippen LogP contribution is -2.51. The molecule has 0 fully saturated rings. The first-order valence-corrected chi connectivity index (χ1v) is 8.54. The van der Waals surface area contributed by atoms with Gasteiger partial charge in [0.2, 0.25) is 0 Å². The van der Waals surface area contributed by atoms with Crippen molar-refractivity contribution in [3.05, 3.63) is 53.6 Å². The van der Waals surface area contributed by atoms with Gasteiger partial charge in [-0.1, -0.05) is 31.5 Å². The van der Waals surface area contributed by atoms with Crippen LogP contribution >= 0.6 is 0 Å². The summed E-state index contributed by atoms with van der Waals surface area (Å²) in [6.45, 7) is 1.99. The molecule has 2 aromatic carbocycles. The smallest absolute Gasteiger partial charge is 0.422 e. The van der Waals surface area contributed by atoms with Gasteiger partial charge >= 0.3 is 12.1 Å². The third kappa shape index (κ3) is 3.55. The van der Waals surface area contributed by atoms with E-state index in [4.69, 9.17) is 10.5 Å². The largest absolute Gasteiger partial charge is 0.449 e. The van der Waals surface area contributed by atoms with E-state index in [1.54, 1.807) is 24.3 Å². The van der Waals surface area contributed by atoms with Crippen LogP contribution in [0.2, 0.25) is 0 Å². The molecule has 1 heterocycles. The van der Waals surface area contributed by atoms with Crippen LogP contribution in [0.4, 0.5) is 35.4 Å². The SMILES string of the molecule is CCCCOC(=O)N1C(=O)N(c2c(F)cc(N)cc2F)Cc2ccccc21. The minimum atomic E-state index is -0.987. The molecule has 2 aromatic rings. The van der Waals surface area contributed by atoms with Gasteiger partial charge < -0.3 is 10.5 Å². The third-order valence-corrected chi connectivity index (χ3v) is 4.20. The number of nitrogens with two attached hydrogens (primary N) is 1. The van der Waals surface area contributed by atoms with Gasteiger partial charge in [0.05, 0.1) is 18.8 Å². The summed E-state index contributed by atoms with van der Waals surface area (Å²) in [5.74, 6) is -1.97. The van der Waals surface area contributed by atoms with E-state index in [1.165, 1.54) is 0 Å². The monoisotopic (exact) mass is 375 g/mol. The highest BCUT2D eigenvalue weighted by Crippen LogP contribution is 2.35. The Hall–Kier alpha value is -3.16. The lowest BCUT2D eigenvalue weighted by molar-refractivity contribution is 0.152. The Kier molecular flexibility index (Phi) is 5.25. The normalized spacial score (nSPS) is 13.5. The average molecular weight is 375 g/mol. The molecule has 0 spiro atoms. The highest BCUT2D eigenvalue weighted by Gasteiger charge is 2.38. The average Bonchev–Trinajstić information content (AvgIpc) is 2.61. The lowest BCUT2D eigenvalue weighted by atomic mass is 10.1. The number of nitrogen functional groups attached to an aromatic ring is 1. The standard InChI is InChI=1S/C19H19F2N3O3/c1-2-3-8-27-19(26)24-16-7-5-4-6-12(16)11-23(18(24)25)17-14(20)9-13(22)10-15(17)21/h4-7,9-10H,2-3,8,11,22H2,1H3. The van der Waals surface area contributed by atoms with Crippen LogP contribution in [-0.2, 0) is 11.3 Å². The van der Waals surface area contributed by atoms with Crippen molar-refractivity contribution >= 4 is 29.2 Å². The second-order valence-corrected chi connectivity index (χ2v) is 6.13. The molecule has 3 rings (SSSR count). The molecule has 2 N–H and O–H groups in total. The Morgan fingerprint density at radius 2 is 1.89 bits per heavy atom. The van der Waals surface area contributed by atoms with E-state index in [1.807, 2.05) is 6.92 Å². The zero-order valence-corrected chi connectivity index (χ0v) is 14.7. The molecule has 0 aromatic heterocycles. The molecule has 27 heavy (non-hydrogen) atoms. The van der Waals surface area contributed by atoms with Crippen molar-refractivity contribution in [2.75, 3.05) is 22.1 Å². The molecule has 8 heteroatoms. The first kappa shape index (κ1) is 18.6. The molecule has 0 atom stereocenters. The fourth-order valence-electron chi connectivity index (χ4n) is 2.89. The Labute approximate surface area is 155 Å². The van der Waals surface area contributed by atoms with Crippen molar-refractivity contribution in [2.24, 2.45) is 0 Å². The summed E-state index contributed by atoms with van der Waals surface area (Å²) < 4.78 is 33.9. The number of fused-ring (bicyclic) bond motifs is 1. The van der Waals surface area contributed by atoms with Gasteiger partial charge in [-0.3, -0.25) is 4.90 Å². The Balaban J connectivity index is 2.02. The molecule has 0 aliphatic carbocycles. The molecule has 0 saturated heterocycles. The summed E-state index contributed by atoms with van der Waals surface area (Å²) >= 11 is 0. The predicted octanol–water partition coefficient (Wildman–Crippen LogP) is 4.43. The van der Waals surface area contributed by atoms with Gasteiger partial charge in [0, 0.05) is 5.69 Å². The Morgan fingerprint density at radius 3 is 2.56 bits per heavy atom. The molecule has 6 nitrogen and oxygen atoms in total. The zero-order chi connectivity index (χ0) is 19.6. The van der Waals surface area contributed by atoms with Crippen LogP contribution in [0, 0.1) is 11.6 Å². The van der Waals surface area contributed by atoms with Gasteiger partial charge in [-0.2, -0.15) is 4.90 Å². The number of rotatable bonds is 4. The second kappa shape index (κ2) is 7.61. The van der Waals surface area contributed by atoms with Crippen LogP contribution in [0.3, 0.4) is 0 Å². The van der Waals surface area contributed by atoms with Crippen LogP contribution in [0.1, 0.15) is 25.3 Å². The van der Waals surface area contributed by atoms with Gasteiger partial charge in [0.15, 0.2) is 11.6 Å². The van der Waals surface area contributed by atoms with Crippen molar-refractivity contribution in [3.63, 3.8) is 0 Å². The second-order valence-electron chi connectivity index (χ2n) is 6.13. The Bertz CT molecular complexity index is 865. The van der Waals surface area contributed by atoms with E-state index in [2.05, 4.69) is 0 Å². The van der Waals surface area contributed by atoms with E-state index < -0.39 is 29.4 Å². The highest BCUT2D eigenvalue weighted by molar-refractivity contribution is 6.19. The number of amides is 3. The number of hydrogen-bond acceptors (Lipinski definition) is 4. The van der Waals surface area contributed by atoms with Crippen LogP contribution in [0.15, 0.2) is 36.4 Å². The van der Waals surface area contributed by atoms with Gasteiger partial charge in [-0.15, -0.1) is 0 Å². The maximum Gasteiger partial charge on any atom is 0.422 e. The number of para-hydroxylation sites is 1. The van der Waals surface area contributed by atoms with Crippen LogP contribution in [0.25, 0.3) is 0 Å². The van der Waals surface area contributed by atoms with E-state index in [0.29, 0.717) is 17.7 Å². The summed E-state index contributed by atoms with van der Waals surface area (Å²) in [6.07, 6.45) is 0.563. The van der Waals surface area contributed by atoms with E-state index in [0.717, 1.165) is 28.4 Å². The number of ether oxygens (including phenoxy) is 1. The Morgan fingerprint density at radius 1 is 1.22 bits per heavy atom. The number of carbonyl (C=O) groups is 2. The van der Waals surface area contributed by atoms with Crippen molar-refractivity contribution in [2.45, 2.75) is 26.3 Å². The number of hydrogen-bond donors (Lipinski definition) is 1. The summed E-state index contributed by atoms with van der Waals surface area (Å²) in [4.78, 5) is 27.1. The molecule has 3 amide bonds. The maximum absolute atomic E-state index is 14.4. The zero-order valence-electron chi connectivity index (χ0n) is 14.7. The summed E-state index contributed by atoms with van der Waals surface area (Å²) in [7, 11) is 0. The molecule has 1 aliphatic heterocycles. The molecule has 0 unspecified atom stereocenters. The molecular formula is C19H19F2N3O3. The number of anilines is 3. The summed E-state index contributed by atoms with van der Waals surface area (Å²) in [5, 5.41) is 0. The van der Waals surface area contributed by atoms with E-state index in [9.17, 15) is 18.4 Å². The molecule has 1 aliphatic rings. The lowest BCUT2D eigenvalue weighted by Gasteiger charge is -2.35. The van der Waals surface area contributed by atoms with Crippen molar-refractivity contribution in [1.29, 1.82) is 0 Å². The van der Waals surface area contributed by atoms with Crippen LogP contribution < -0.4 is 15.5 Å². The number of benzene rings is 2. The fourth-order valence-corrected chi connectivity index (χ4v) is 2.89. The number of nitrogens with zero attached hydrogens (tertiary/aromatic N) is 2. The molecular weight excluding hydrogens is 356 g/mol. The van der Waals surface area contributed by atoms with Gasteiger partial charge in [-0.05, 0) is 30.2 Å². The number of urea groups is 1. The van der Waals surface area contributed by atoms with Gasteiger partial charge in [-0.25, -0.2) is 18.4 Å². The summed E-state index contributed by atoms with van der Waals surface area (Å²) in [5.41, 5.74) is 5.67. The molecule has 142 valence electrons. The minimum absolute atomic E-state index is 0.0918. The topological polar surface area (TPSA) is 75.9 Å². The number of halogens is 2. The quantitative estimate of drug-likeness (QED) is 0.634. The molecule has 0 saturated carbocycles. The fraction of sp³-hybridized carbons (Fsp3) is 0.263. The van der Waals surface area contributed by atoms with E-state index >= 15 is 0 Å². The van der Waals surface area contributed by atoms with Crippen LogP contribution in [-0.4, -0.2) is 18.7 Å². The third-order valence-electron chi connectivity index (χ3n) is 4.20. The predicted molar refractivity (Wildman–Crippen MR) is 97.5 cm³/mol. The first-order chi connectivity index (χ1) is 12.9. The summed E-state index contributed by atoms with van der Waals surface area (Å²) in [6, 6.07) is 7.60. The number of unbranched alkanes of at least 4 members (excludes halogenated alkanes) is 1. The van der Waals surface area contributed by atoms with Crippen LogP contribution in [0.5, 0.6) is 0 Å². The molecule has 0 radical (unpaired) electrons. The minimum Gasteiger partial charge on any atom is -0.449 e. The molecule has 0 bridgehead atoms. The van der Waals surface area contributed by atoms with Crippen molar-refractivity contribution in [1.82, 2.24) is 0 Å². The van der Waals surface area contributed by atoms with E-state index in [-0.39, 0.29) is 18.8 Å². The van der Waals surface area contributed by atoms with Crippen molar-refractivity contribution < 1.29 is 23.1 Å². The maximum atomic E-state index is 14.4. The highest BCUT2D eigenvalue weighted by atomic mass is 19.1. The van der Waals surface area contributed by atoms with Gasteiger partial charge in [0.1, 0.15) is 5.69 Å². The van der Waals surface area contributed by atoms with Gasteiger partial charge in [0.25, 0.3) is 0 Å². The number of imide groups is 1. The van der Waals surface area contributed by atoms with Crippen molar-refractivity contribution in [3.8, 4) is 0 Å².